The lowest BCUT2D eigenvalue weighted by atomic mass is 10.1. The lowest BCUT2D eigenvalue weighted by molar-refractivity contribution is 0.0955. The van der Waals surface area contributed by atoms with Crippen LogP contribution in [-0.4, -0.2) is 21.4 Å². The van der Waals surface area contributed by atoms with Gasteiger partial charge in [-0.25, -0.2) is 5.43 Å². The van der Waals surface area contributed by atoms with Gasteiger partial charge >= 0.3 is 0 Å². The number of hydrogen-bond donors (Lipinski definition) is 1. The molecule has 28 heavy (non-hydrogen) atoms. The Balaban J connectivity index is 1.58. The summed E-state index contributed by atoms with van der Waals surface area (Å²) in [5, 5.41) is 8.60. The molecule has 3 rings (SSSR count). The van der Waals surface area contributed by atoms with Gasteiger partial charge in [0, 0.05) is 11.3 Å². The summed E-state index contributed by atoms with van der Waals surface area (Å²) >= 11 is 0. The van der Waals surface area contributed by atoms with E-state index in [1.807, 2.05) is 86.1 Å². The maximum Gasteiger partial charge on any atom is 0.271 e. The number of nitrogens with zero attached hydrogens (tertiary/aromatic N) is 3. The largest absolute Gasteiger partial charge is 0.271 e. The molecule has 0 aliphatic carbocycles. The predicted octanol–water partition coefficient (Wildman–Crippen LogP) is 4.37. The zero-order valence-electron chi connectivity index (χ0n) is 16.4. The first kappa shape index (κ1) is 19.3. The number of carbonyl (C=O) groups is 1. The van der Waals surface area contributed by atoms with Crippen LogP contribution in [0.4, 0.5) is 0 Å². The summed E-state index contributed by atoms with van der Waals surface area (Å²) in [6.45, 7) is 6.54. The van der Waals surface area contributed by atoms with Crippen LogP contribution in [0.25, 0.3) is 6.08 Å². The molecule has 142 valence electrons. The van der Waals surface area contributed by atoms with E-state index in [-0.39, 0.29) is 5.91 Å². The minimum atomic E-state index is -0.231. The highest BCUT2D eigenvalue weighted by molar-refractivity contribution is 5.99. The van der Waals surface area contributed by atoms with Gasteiger partial charge in [0.15, 0.2) is 0 Å². The van der Waals surface area contributed by atoms with Crippen molar-refractivity contribution in [2.24, 2.45) is 5.10 Å². The molecule has 0 fully saturated rings. The molecule has 0 unspecified atom stereocenters. The minimum Gasteiger partial charge on any atom is -0.267 e. The van der Waals surface area contributed by atoms with Crippen molar-refractivity contribution >= 4 is 17.7 Å². The van der Waals surface area contributed by atoms with E-state index < -0.39 is 0 Å². The van der Waals surface area contributed by atoms with Crippen LogP contribution in [0.2, 0.25) is 0 Å². The third-order valence-electron chi connectivity index (χ3n) is 4.30. The molecule has 2 aromatic carbocycles. The number of nitrogens with one attached hydrogen (secondary N) is 1. The summed E-state index contributed by atoms with van der Waals surface area (Å²) in [5.74, 6) is -0.231. The predicted molar refractivity (Wildman–Crippen MR) is 113 cm³/mol. The average Bonchev–Trinajstić information content (AvgIpc) is 3.02. The van der Waals surface area contributed by atoms with Gasteiger partial charge < -0.3 is 0 Å². The van der Waals surface area contributed by atoms with Crippen molar-refractivity contribution in [3.63, 3.8) is 0 Å². The zero-order chi connectivity index (χ0) is 19.9. The van der Waals surface area contributed by atoms with Crippen LogP contribution in [0.5, 0.6) is 0 Å². The fraction of sp³-hybridized carbons (Fsp3) is 0.174. The van der Waals surface area contributed by atoms with Gasteiger partial charge in [0.1, 0.15) is 0 Å². The fourth-order valence-electron chi connectivity index (χ4n) is 2.79. The third kappa shape index (κ3) is 5.27. The lowest BCUT2D eigenvalue weighted by Gasteiger charge is -2.06. The molecule has 1 amide bonds. The molecule has 0 saturated carbocycles. The number of hydrazone groups is 1. The first-order chi connectivity index (χ1) is 13.5. The van der Waals surface area contributed by atoms with E-state index in [4.69, 9.17) is 0 Å². The van der Waals surface area contributed by atoms with Gasteiger partial charge in [-0.1, -0.05) is 48.5 Å². The van der Waals surface area contributed by atoms with Gasteiger partial charge in [0.2, 0.25) is 0 Å². The molecular formula is C23H24N4O. The van der Waals surface area contributed by atoms with Gasteiger partial charge in [-0.15, -0.1) is 0 Å². The van der Waals surface area contributed by atoms with Crippen molar-refractivity contribution in [2.75, 3.05) is 0 Å². The zero-order valence-corrected chi connectivity index (χ0v) is 16.4. The minimum absolute atomic E-state index is 0.231. The number of amides is 1. The van der Waals surface area contributed by atoms with Crippen molar-refractivity contribution in [2.45, 2.75) is 27.3 Å². The Hall–Kier alpha value is -3.47. The van der Waals surface area contributed by atoms with E-state index in [0.29, 0.717) is 12.1 Å². The van der Waals surface area contributed by atoms with Crippen molar-refractivity contribution in [1.82, 2.24) is 15.2 Å². The quantitative estimate of drug-likeness (QED) is 0.516. The van der Waals surface area contributed by atoms with Crippen LogP contribution in [-0.2, 0) is 6.54 Å². The van der Waals surface area contributed by atoms with Gasteiger partial charge in [0.25, 0.3) is 5.91 Å². The molecule has 1 aromatic heterocycles. The van der Waals surface area contributed by atoms with Crippen molar-refractivity contribution < 1.29 is 4.79 Å². The third-order valence-corrected chi connectivity index (χ3v) is 4.30. The van der Waals surface area contributed by atoms with Crippen molar-refractivity contribution in [3.05, 3.63) is 94.8 Å². The Bertz CT molecular complexity index is 999. The fourth-order valence-corrected chi connectivity index (χ4v) is 2.79. The molecule has 5 nitrogen and oxygen atoms in total. The van der Waals surface area contributed by atoms with Crippen LogP contribution in [0.1, 0.15) is 39.8 Å². The number of carbonyl (C=O) groups excluding carboxylic acids is 1. The summed E-state index contributed by atoms with van der Waals surface area (Å²) in [7, 11) is 0. The Kier molecular flexibility index (Phi) is 6.17. The van der Waals surface area contributed by atoms with E-state index >= 15 is 0 Å². The molecule has 0 atom stereocenters. The molecule has 0 spiro atoms. The first-order valence-electron chi connectivity index (χ1n) is 9.19. The van der Waals surface area contributed by atoms with E-state index in [1.54, 1.807) is 12.1 Å². The maximum atomic E-state index is 12.3. The summed E-state index contributed by atoms with van der Waals surface area (Å²) in [5.41, 5.74) is 8.18. The summed E-state index contributed by atoms with van der Waals surface area (Å²) in [4.78, 5) is 12.3. The standard InChI is InChI=1S/C23H24N4O/c1-17(9-10-20-7-5-4-6-8-20)24-25-23(28)22-13-11-21(12-14-22)16-27-19(3)15-18(2)26-27/h4-15H,16H2,1-3H3,(H,25,28)/b10-9+,24-17?. The Morgan fingerprint density at radius 3 is 2.46 bits per heavy atom. The van der Waals surface area contributed by atoms with E-state index in [1.165, 1.54) is 0 Å². The molecular weight excluding hydrogens is 348 g/mol. The van der Waals surface area contributed by atoms with E-state index in [9.17, 15) is 4.79 Å². The molecule has 0 aliphatic rings. The Morgan fingerprint density at radius 2 is 1.82 bits per heavy atom. The number of aryl methyl sites for hydroxylation is 2. The van der Waals surface area contributed by atoms with Gasteiger partial charge in [-0.05, 0) is 56.2 Å². The molecule has 1 N–H and O–H groups in total. The summed E-state index contributed by atoms with van der Waals surface area (Å²) in [6, 6.07) is 19.5. The molecule has 5 heteroatoms. The topological polar surface area (TPSA) is 59.3 Å². The number of allylic oxidation sites excluding steroid dienone is 1. The molecule has 0 radical (unpaired) electrons. The molecule has 1 heterocycles. The smallest absolute Gasteiger partial charge is 0.267 e. The van der Waals surface area contributed by atoms with Gasteiger partial charge in [-0.2, -0.15) is 10.2 Å². The molecule has 0 saturated heterocycles. The van der Waals surface area contributed by atoms with Crippen molar-refractivity contribution in [3.8, 4) is 0 Å². The van der Waals surface area contributed by atoms with Gasteiger partial charge in [-0.3, -0.25) is 9.48 Å². The van der Waals surface area contributed by atoms with Crippen LogP contribution in [0.3, 0.4) is 0 Å². The summed E-state index contributed by atoms with van der Waals surface area (Å²) in [6.07, 6.45) is 3.83. The van der Waals surface area contributed by atoms with Gasteiger partial charge in [0.05, 0.1) is 18.0 Å². The van der Waals surface area contributed by atoms with Crippen molar-refractivity contribution in [1.29, 1.82) is 0 Å². The molecule has 0 aliphatic heterocycles. The second-order valence-electron chi connectivity index (χ2n) is 6.72. The second kappa shape index (κ2) is 8.95. The van der Waals surface area contributed by atoms with E-state index in [0.717, 1.165) is 28.2 Å². The maximum absolute atomic E-state index is 12.3. The second-order valence-corrected chi connectivity index (χ2v) is 6.72. The number of benzene rings is 2. The monoisotopic (exact) mass is 372 g/mol. The van der Waals surface area contributed by atoms with Crippen LogP contribution >= 0.6 is 0 Å². The normalized spacial score (nSPS) is 11.8. The van der Waals surface area contributed by atoms with Crippen LogP contribution in [0, 0.1) is 13.8 Å². The number of hydrogen-bond acceptors (Lipinski definition) is 3. The molecule has 0 bridgehead atoms. The summed E-state index contributed by atoms with van der Waals surface area (Å²) < 4.78 is 1.96. The van der Waals surface area contributed by atoms with E-state index in [2.05, 4.69) is 15.6 Å². The number of rotatable bonds is 6. The Labute approximate surface area is 165 Å². The average molecular weight is 372 g/mol. The van der Waals surface area contributed by atoms with Crippen LogP contribution < -0.4 is 5.43 Å². The highest BCUT2D eigenvalue weighted by atomic mass is 16.2. The Morgan fingerprint density at radius 1 is 1.11 bits per heavy atom. The highest BCUT2D eigenvalue weighted by Crippen LogP contribution is 2.09. The molecule has 3 aromatic rings. The lowest BCUT2D eigenvalue weighted by Crippen LogP contribution is -2.18. The highest BCUT2D eigenvalue weighted by Gasteiger charge is 2.06. The number of aromatic nitrogens is 2. The first-order valence-corrected chi connectivity index (χ1v) is 9.19. The van der Waals surface area contributed by atoms with Crippen LogP contribution in [0.15, 0.2) is 71.8 Å². The SMILES string of the molecule is CC(/C=C/c1ccccc1)=NNC(=O)c1ccc(Cn2nc(C)cc2C)cc1.